The Balaban J connectivity index is 2.14. The SMILES string of the molecule is C1COC2=C(N1)OCCO2. The van der Waals surface area contributed by atoms with Crippen molar-refractivity contribution in [3.63, 3.8) is 0 Å². The standard InChI is InChI=1S/C6H9NO3/c1-2-9-6-5(7-1)8-3-4-10-6/h7H,1-4H2. The Morgan fingerprint density at radius 3 is 2.70 bits per heavy atom. The lowest BCUT2D eigenvalue weighted by Crippen LogP contribution is -2.32. The first kappa shape index (κ1) is 5.70. The van der Waals surface area contributed by atoms with Crippen LogP contribution in [0.1, 0.15) is 0 Å². The number of hydrogen-bond donors (Lipinski definition) is 1. The molecule has 10 heavy (non-hydrogen) atoms. The molecule has 0 saturated heterocycles. The van der Waals surface area contributed by atoms with Crippen molar-refractivity contribution in [1.82, 2.24) is 5.32 Å². The third-order valence-corrected chi connectivity index (χ3v) is 1.37. The number of ether oxygens (including phenoxy) is 3. The highest BCUT2D eigenvalue weighted by molar-refractivity contribution is 4.97. The molecule has 2 heterocycles. The van der Waals surface area contributed by atoms with Gasteiger partial charge in [0, 0.05) is 0 Å². The van der Waals surface area contributed by atoms with Crippen LogP contribution in [0.4, 0.5) is 0 Å². The zero-order chi connectivity index (χ0) is 6.81. The van der Waals surface area contributed by atoms with E-state index < -0.39 is 0 Å². The molecule has 0 radical (unpaired) electrons. The van der Waals surface area contributed by atoms with Crippen LogP contribution in [0.25, 0.3) is 0 Å². The van der Waals surface area contributed by atoms with Gasteiger partial charge in [-0.25, -0.2) is 0 Å². The highest BCUT2D eigenvalue weighted by Gasteiger charge is 2.20. The normalized spacial score (nSPS) is 23.2. The topological polar surface area (TPSA) is 39.7 Å². The maximum Gasteiger partial charge on any atom is 0.342 e. The molecule has 0 saturated carbocycles. The summed E-state index contributed by atoms with van der Waals surface area (Å²) in [5, 5.41) is 3.03. The third kappa shape index (κ3) is 0.853. The van der Waals surface area contributed by atoms with Crippen molar-refractivity contribution in [2.24, 2.45) is 0 Å². The minimum atomic E-state index is 0.512. The monoisotopic (exact) mass is 143 g/mol. The number of nitrogens with one attached hydrogen (secondary N) is 1. The van der Waals surface area contributed by atoms with Gasteiger partial charge in [0.1, 0.15) is 19.8 Å². The maximum atomic E-state index is 5.20. The van der Waals surface area contributed by atoms with Crippen molar-refractivity contribution in [2.75, 3.05) is 26.4 Å². The fourth-order valence-electron chi connectivity index (χ4n) is 0.941. The lowest BCUT2D eigenvalue weighted by molar-refractivity contribution is -0.0544. The first-order valence-corrected chi connectivity index (χ1v) is 3.33. The van der Waals surface area contributed by atoms with Gasteiger partial charge in [-0.05, 0) is 0 Å². The second kappa shape index (κ2) is 2.28. The molecule has 0 aromatic carbocycles. The molecule has 2 aliphatic rings. The van der Waals surface area contributed by atoms with Crippen molar-refractivity contribution in [2.45, 2.75) is 0 Å². The molecule has 0 aliphatic carbocycles. The Kier molecular flexibility index (Phi) is 1.30. The summed E-state index contributed by atoms with van der Waals surface area (Å²) >= 11 is 0. The van der Waals surface area contributed by atoms with Crippen molar-refractivity contribution >= 4 is 0 Å². The molecule has 0 bridgehead atoms. The Morgan fingerprint density at radius 2 is 1.80 bits per heavy atom. The van der Waals surface area contributed by atoms with Gasteiger partial charge in [-0.15, -0.1) is 0 Å². The average Bonchev–Trinajstić information content (AvgIpc) is 2.05. The van der Waals surface area contributed by atoms with E-state index in [1.54, 1.807) is 0 Å². The fraction of sp³-hybridized carbons (Fsp3) is 0.667. The Morgan fingerprint density at radius 1 is 1.00 bits per heavy atom. The van der Waals surface area contributed by atoms with Crippen LogP contribution in [-0.4, -0.2) is 26.4 Å². The zero-order valence-corrected chi connectivity index (χ0v) is 5.55. The van der Waals surface area contributed by atoms with E-state index >= 15 is 0 Å². The molecule has 0 fully saturated rings. The lowest BCUT2D eigenvalue weighted by Gasteiger charge is -2.25. The van der Waals surface area contributed by atoms with E-state index in [2.05, 4.69) is 5.32 Å². The van der Waals surface area contributed by atoms with Gasteiger partial charge in [0.2, 0.25) is 0 Å². The molecule has 0 aromatic rings. The minimum Gasteiger partial charge on any atom is -0.471 e. The van der Waals surface area contributed by atoms with Crippen LogP contribution in [0, 0.1) is 0 Å². The Labute approximate surface area is 58.8 Å². The lowest BCUT2D eigenvalue weighted by atomic mass is 10.5. The molecule has 4 heteroatoms. The summed E-state index contributed by atoms with van der Waals surface area (Å²) in [6.07, 6.45) is 0. The fourth-order valence-corrected chi connectivity index (χ4v) is 0.941. The largest absolute Gasteiger partial charge is 0.471 e. The summed E-state index contributed by atoms with van der Waals surface area (Å²) in [6, 6.07) is 0. The van der Waals surface area contributed by atoms with Gasteiger partial charge in [0.05, 0.1) is 6.54 Å². The Bertz CT molecular complexity index is 132. The predicted octanol–water partition coefficient (Wildman–Crippen LogP) is -0.220. The summed E-state index contributed by atoms with van der Waals surface area (Å²) in [6.45, 7) is 2.64. The van der Waals surface area contributed by atoms with Crippen molar-refractivity contribution in [1.29, 1.82) is 0 Å². The van der Waals surface area contributed by atoms with E-state index in [1.165, 1.54) is 0 Å². The number of rotatable bonds is 0. The van der Waals surface area contributed by atoms with Crippen molar-refractivity contribution in [3.05, 3.63) is 11.8 Å². The van der Waals surface area contributed by atoms with Gasteiger partial charge in [-0.3, -0.25) is 0 Å². The van der Waals surface area contributed by atoms with Crippen LogP contribution in [-0.2, 0) is 14.2 Å². The molecule has 0 atom stereocenters. The van der Waals surface area contributed by atoms with E-state index in [9.17, 15) is 0 Å². The smallest absolute Gasteiger partial charge is 0.342 e. The van der Waals surface area contributed by atoms with E-state index in [1.807, 2.05) is 0 Å². The quantitative estimate of drug-likeness (QED) is 0.509. The van der Waals surface area contributed by atoms with Crippen molar-refractivity contribution in [3.8, 4) is 0 Å². The maximum absolute atomic E-state index is 5.20. The molecule has 0 aromatic heterocycles. The highest BCUT2D eigenvalue weighted by atomic mass is 16.7. The van der Waals surface area contributed by atoms with E-state index in [0.717, 1.165) is 6.54 Å². The summed E-state index contributed by atoms with van der Waals surface area (Å²) in [5.41, 5.74) is 0. The molecule has 0 unspecified atom stereocenters. The second-order valence-electron chi connectivity index (χ2n) is 2.09. The molecule has 0 spiro atoms. The second-order valence-corrected chi connectivity index (χ2v) is 2.09. The molecule has 4 nitrogen and oxygen atoms in total. The van der Waals surface area contributed by atoms with Crippen LogP contribution in [0.2, 0.25) is 0 Å². The highest BCUT2D eigenvalue weighted by Crippen LogP contribution is 2.14. The van der Waals surface area contributed by atoms with Crippen LogP contribution >= 0.6 is 0 Å². The van der Waals surface area contributed by atoms with Gasteiger partial charge in [0.15, 0.2) is 0 Å². The minimum absolute atomic E-state index is 0.512. The molecular weight excluding hydrogens is 134 g/mol. The first-order chi connectivity index (χ1) is 4.97. The summed E-state index contributed by atoms with van der Waals surface area (Å²) in [7, 11) is 0. The van der Waals surface area contributed by atoms with Gasteiger partial charge in [0.25, 0.3) is 5.88 Å². The van der Waals surface area contributed by atoms with E-state index in [-0.39, 0.29) is 0 Å². The molecule has 1 N–H and O–H groups in total. The van der Waals surface area contributed by atoms with Crippen LogP contribution in [0.15, 0.2) is 11.8 Å². The van der Waals surface area contributed by atoms with Crippen LogP contribution < -0.4 is 5.32 Å². The first-order valence-electron chi connectivity index (χ1n) is 3.33. The molecule has 2 rings (SSSR count). The Hall–Kier alpha value is -1.06. The molecule has 0 amide bonds. The average molecular weight is 143 g/mol. The summed E-state index contributed by atoms with van der Waals surface area (Å²) in [4.78, 5) is 0. The molecular formula is C6H9NO3. The zero-order valence-electron chi connectivity index (χ0n) is 5.55. The molecule has 56 valence electrons. The van der Waals surface area contributed by atoms with Gasteiger partial charge in [-0.1, -0.05) is 0 Å². The van der Waals surface area contributed by atoms with Gasteiger partial charge in [-0.2, -0.15) is 0 Å². The predicted molar refractivity (Wildman–Crippen MR) is 32.9 cm³/mol. The van der Waals surface area contributed by atoms with Crippen molar-refractivity contribution < 1.29 is 14.2 Å². The van der Waals surface area contributed by atoms with Gasteiger partial charge < -0.3 is 19.5 Å². The van der Waals surface area contributed by atoms with E-state index in [0.29, 0.717) is 31.6 Å². The van der Waals surface area contributed by atoms with Gasteiger partial charge >= 0.3 is 5.95 Å². The summed E-state index contributed by atoms with van der Waals surface area (Å²) in [5.74, 6) is 1.16. The number of hydrogen-bond acceptors (Lipinski definition) is 4. The van der Waals surface area contributed by atoms with Crippen LogP contribution in [0.3, 0.4) is 0 Å². The third-order valence-electron chi connectivity index (χ3n) is 1.37. The molecule has 2 aliphatic heterocycles. The summed E-state index contributed by atoms with van der Waals surface area (Å²) < 4.78 is 15.5. The van der Waals surface area contributed by atoms with E-state index in [4.69, 9.17) is 14.2 Å². The van der Waals surface area contributed by atoms with Crippen LogP contribution in [0.5, 0.6) is 0 Å².